The number of hydrogen-bond acceptors (Lipinski definition) is 5. The molecule has 0 bridgehead atoms. The Kier molecular flexibility index (Phi) is 5.70. The molecule has 170 valence electrons. The van der Waals surface area contributed by atoms with Crippen LogP contribution in [0.25, 0.3) is 11.1 Å². The minimum absolute atomic E-state index is 0.00621. The second kappa shape index (κ2) is 8.33. The maximum atomic E-state index is 13.4. The number of aromatic nitrogens is 2. The van der Waals surface area contributed by atoms with Crippen LogP contribution in [-0.4, -0.2) is 28.5 Å². The molecule has 0 aliphatic carbocycles. The Morgan fingerprint density at radius 1 is 1.16 bits per heavy atom. The number of anilines is 2. The van der Waals surface area contributed by atoms with E-state index in [1.165, 1.54) is 30.9 Å². The average molecular weight is 448 g/mol. The van der Waals surface area contributed by atoms with Gasteiger partial charge in [-0.25, -0.2) is 4.98 Å². The standard InChI is InChI=1S/C22H23F3N4O3/c1-13-17(18-20(32-13)26-12-28(2)21(18)31)19(30)27-15-11-14(22(23,24)25)7-8-16(15)29-9-5-3-4-6-10-29/h7-8,11-12H,3-6,9-10H2,1-2H3,(H,27,30). The predicted molar refractivity (Wildman–Crippen MR) is 114 cm³/mol. The van der Waals surface area contributed by atoms with Crippen LogP contribution in [0.15, 0.2) is 33.7 Å². The van der Waals surface area contributed by atoms with Crippen molar-refractivity contribution in [1.82, 2.24) is 9.55 Å². The molecule has 1 fully saturated rings. The topological polar surface area (TPSA) is 80.4 Å². The molecule has 0 saturated carbocycles. The molecule has 2 aromatic heterocycles. The number of carbonyl (C=O) groups is 1. The van der Waals surface area contributed by atoms with Crippen molar-refractivity contribution in [1.29, 1.82) is 0 Å². The lowest BCUT2D eigenvalue weighted by Gasteiger charge is -2.26. The van der Waals surface area contributed by atoms with E-state index in [0.29, 0.717) is 18.8 Å². The van der Waals surface area contributed by atoms with E-state index in [2.05, 4.69) is 10.3 Å². The van der Waals surface area contributed by atoms with Crippen LogP contribution in [0.4, 0.5) is 24.5 Å². The highest BCUT2D eigenvalue weighted by molar-refractivity contribution is 6.13. The predicted octanol–water partition coefficient (Wildman–Crippen LogP) is 4.49. The van der Waals surface area contributed by atoms with E-state index < -0.39 is 23.2 Å². The Morgan fingerprint density at radius 3 is 2.50 bits per heavy atom. The minimum atomic E-state index is -4.56. The highest BCUT2D eigenvalue weighted by Crippen LogP contribution is 2.36. The van der Waals surface area contributed by atoms with E-state index in [9.17, 15) is 22.8 Å². The van der Waals surface area contributed by atoms with Gasteiger partial charge in [0.25, 0.3) is 11.5 Å². The molecule has 1 N–H and O–H groups in total. The van der Waals surface area contributed by atoms with Gasteiger partial charge >= 0.3 is 6.18 Å². The molecule has 3 heterocycles. The summed E-state index contributed by atoms with van der Waals surface area (Å²) in [6.07, 6.45) is 0.655. The fourth-order valence-corrected chi connectivity index (χ4v) is 4.05. The maximum absolute atomic E-state index is 13.4. The first kappa shape index (κ1) is 21.9. The lowest BCUT2D eigenvalue weighted by Crippen LogP contribution is -2.26. The van der Waals surface area contributed by atoms with Crippen LogP contribution in [0.5, 0.6) is 0 Å². The molecular formula is C22H23F3N4O3. The monoisotopic (exact) mass is 448 g/mol. The average Bonchev–Trinajstić information content (AvgIpc) is 2.89. The second-order valence-corrected chi connectivity index (χ2v) is 7.96. The molecule has 0 atom stereocenters. The van der Waals surface area contributed by atoms with Gasteiger partial charge < -0.3 is 19.2 Å². The highest BCUT2D eigenvalue weighted by Gasteiger charge is 2.32. The Bertz CT molecular complexity index is 1220. The molecule has 3 aromatic rings. The van der Waals surface area contributed by atoms with Crippen LogP contribution in [0.3, 0.4) is 0 Å². The van der Waals surface area contributed by atoms with E-state index >= 15 is 0 Å². The quantitative estimate of drug-likeness (QED) is 0.639. The maximum Gasteiger partial charge on any atom is 0.416 e. The van der Waals surface area contributed by atoms with Crippen LogP contribution >= 0.6 is 0 Å². The fourth-order valence-electron chi connectivity index (χ4n) is 4.05. The summed E-state index contributed by atoms with van der Waals surface area (Å²) < 4.78 is 46.8. The Hall–Kier alpha value is -3.30. The van der Waals surface area contributed by atoms with Gasteiger partial charge in [-0.1, -0.05) is 12.8 Å². The van der Waals surface area contributed by atoms with Crippen LogP contribution in [-0.2, 0) is 13.2 Å². The zero-order chi connectivity index (χ0) is 23.0. The number of fused-ring (bicyclic) bond motifs is 1. The minimum Gasteiger partial charge on any atom is -0.442 e. The summed E-state index contributed by atoms with van der Waals surface area (Å²) in [4.78, 5) is 31.8. The van der Waals surface area contributed by atoms with Gasteiger partial charge in [0.15, 0.2) is 0 Å². The third-order valence-corrected chi connectivity index (χ3v) is 5.69. The van der Waals surface area contributed by atoms with E-state index in [1.54, 1.807) is 0 Å². The summed E-state index contributed by atoms with van der Waals surface area (Å²) in [5, 5.41) is 2.60. The van der Waals surface area contributed by atoms with Gasteiger partial charge in [0.1, 0.15) is 17.5 Å². The summed E-state index contributed by atoms with van der Waals surface area (Å²) in [5.74, 6) is -0.557. The molecule has 0 unspecified atom stereocenters. The molecule has 1 aliphatic rings. The number of benzene rings is 1. The summed E-state index contributed by atoms with van der Waals surface area (Å²) in [7, 11) is 1.49. The summed E-state index contributed by atoms with van der Waals surface area (Å²) in [6, 6.07) is 3.35. The van der Waals surface area contributed by atoms with E-state index in [4.69, 9.17) is 4.42 Å². The third-order valence-electron chi connectivity index (χ3n) is 5.69. The van der Waals surface area contributed by atoms with Gasteiger partial charge in [0.2, 0.25) is 5.71 Å². The first-order valence-corrected chi connectivity index (χ1v) is 10.4. The highest BCUT2D eigenvalue weighted by atomic mass is 19.4. The molecule has 4 rings (SSSR count). The molecule has 0 radical (unpaired) electrons. The largest absolute Gasteiger partial charge is 0.442 e. The summed E-state index contributed by atoms with van der Waals surface area (Å²) in [5.41, 5.74) is -0.808. The molecular weight excluding hydrogens is 425 g/mol. The summed E-state index contributed by atoms with van der Waals surface area (Å²) >= 11 is 0. The molecule has 1 aromatic carbocycles. The Morgan fingerprint density at radius 2 is 1.84 bits per heavy atom. The SMILES string of the molecule is Cc1oc2ncn(C)c(=O)c2c1C(=O)Nc1cc(C(F)(F)F)ccc1N1CCCCCC1. The number of furan rings is 1. The molecule has 1 amide bonds. The Labute approximate surface area is 181 Å². The van der Waals surface area contributed by atoms with Gasteiger partial charge in [-0.15, -0.1) is 0 Å². The van der Waals surface area contributed by atoms with Crippen molar-refractivity contribution in [3.63, 3.8) is 0 Å². The first-order valence-electron chi connectivity index (χ1n) is 10.4. The molecule has 32 heavy (non-hydrogen) atoms. The van der Waals surface area contributed by atoms with Crippen LogP contribution in [0, 0.1) is 6.92 Å². The second-order valence-electron chi connectivity index (χ2n) is 7.96. The normalized spacial score (nSPS) is 15.1. The zero-order valence-corrected chi connectivity index (χ0v) is 17.8. The number of halogens is 3. The molecule has 10 heteroatoms. The van der Waals surface area contributed by atoms with Crippen molar-refractivity contribution in [2.45, 2.75) is 38.8 Å². The van der Waals surface area contributed by atoms with Gasteiger partial charge in [-0.2, -0.15) is 13.2 Å². The summed E-state index contributed by atoms with van der Waals surface area (Å²) in [6.45, 7) is 2.89. The molecule has 1 saturated heterocycles. The number of aryl methyl sites for hydroxylation is 2. The molecule has 1 aliphatic heterocycles. The van der Waals surface area contributed by atoms with Crippen LogP contribution in [0.1, 0.15) is 47.4 Å². The molecule has 0 spiro atoms. The fraction of sp³-hybridized carbons (Fsp3) is 0.409. The number of amides is 1. The van der Waals surface area contributed by atoms with Crippen molar-refractivity contribution in [3.05, 3.63) is 51.8 Å². The van der Waals surface area contributed by atoms with Crippen molar-refractivity contribution in [3.8, 4) is 0 Å². The van der Waals surface area contributed by atoms with Crippen LogP contribution < -0.4 is 15.8 Å². The number of hydrogen-bond donors (Lipinski definition) is 1. The lowest BCUT2D eigenvalue weighted by atomic mass is 10.1. The van der Waals surface area contributed by atoms with Crippen molar-refractivity contribution < 1.29 is 22.4 Å². The Balaban J connectivity index is 1.78. The number of nitrogens with one attached hydrogen (secondary N) is 1. The van der Waals surface area contributed by atoms with Crippen molar-refractivity contribution in [2.24, 2.45) is 7.05 Å². The number of rotatable bonds is 3. The van der Waals surface area contributed by atoms with Gasteiger partial charge in [0.05, 0.1) is 22.5 Å². The van der Waals surface area contributed by atoms with E-state index in [0.717, 1.165) is 37.8 Å². The van der Waals surface area contributed by atoms with E-state index in [-0.39, 0.29) is 28.1 Å². The van der Waals surface area contributed by atoms with Gasteiger partial charge in [-0.3, -0.25) is 9.59 Å². The smallest absolute Gasteiger partial charge is 0.416 e. The molecule has 7 nitrogen and oxygen atoms in total. The van der Waals surface area contributed by atoms with Crippen LogP contribution in [0.2, 0.25) is 0 Å². The number of carbonyl (C=O) groups excluding carboxylic acids is 1. The van der Waals surface area contributed by atoms with Crippen molar-refractivity contribution in [2.75, 3.05) is 23.3 Å². The number of alkyl halides is 3. The zero-order valence-electron chi connectivity index (χ0n) is 17.8. The first-order chi connectivity index (χ1) is 15.2. The van der Waals surface area contributed by atoms with Gasteiger partial charge in [-0.05, 0) is 38.0 Å². The lowest BCUT2D eigenvalue weighted by molar-refractivity contribution is -0.137. The van der Waals surface area contributed by atoms with Crippen molar-refractivity contribution >= 4 is 28.4 Å². The third kappa shape index (κ3) is 4.09. The number of nitrogens with zero attached hydrogens (tertiary/aromatic N) is 3. The van der Waals surface area contributed by atoms with Gasteiger partial charge in [0, 0.05) is 20.1 Å². The van der Waals surface area contributed by atoms with E-state index in [1.807, 2.05) is 4.90 Å².